The molecule has 0 aromatic carbocycles. The first-order valence-electron chi connectivity index (χ1n) is 5.98. The van der Waals surface area contributed by atoms with Gasteiger partial charge in [0.25, 0.3) is 0 Å². The van der Waals surface area contributed by atoms with Gasteiger partial charge in [-0.25, -0.2) is 9.78 Å². The van der Waals surface area contributed by atoms with E-state index in [4.69, 9.17) is 0 Å². The lowest BCUT2D eigenvalue weighted by atomic mass is 9.83. The Morgan fingerprint density at radius 3 is 2.78 bits per heavy atom. The number of methoxy groups -OCH3 is 1. The van der Waals surface area contributed by atoms with Crippen LogP contribution in [-0.2, 0) is 4.74 Å². The lowest BCUT2D eigenvalue weighted by Gasteiger charge is -2.50. The predicted molar refractivity (Wildman–Crippen MR) is 67.6 cm³/mol. The van der Waals surface area contributed by atoms with Gasteiger partial charge in [-0.1, -0.05) is 13.8 Å². The summed E-state index contributed by atoms with van der Waals surface area (Å²) in [5, 5.41) is 10.2. The molecule has 0 aliphatic carbocycles. The molecule has 1 saturated heterocycles. The van der Waals surface area contributed by atoms with E-state index in [1.165, 1.54) is 7.11 Å². The summed E-state index contributed by atoms with van der Waals surface area (Å²) in [4.78, 5) is 17.4. The van der Waals surface area contributed by atoms with E-state index < -0.39 is 11.6 Å². The standard InChI is InChI=1S/C13H18N2O3/c1-9(2)13(17)7-15(8-13)10-4-5-14-11(6-10)12(16)18-3/h4-6,9,17H,7-8H2,1-3H3. The highest BCUT2D eigenvalue weighted by molar-refractivity contribution is 5.88. The molecule has 0 saturated carbocycles. The largest absolute Gasteiger partial charge is 0.464 e. The number of hydrogen-bond acceptors (Lipinski definition) is 5. The third-order valence-corrected chi connectivity index (χ3v) is 3.51. The molecular weight excluding hydrogens is 232 g/mol. The van der Waals surface area contributed by atoms with Gasteiger partial charge < -0.3 is 14.7 Å². The summed E-state index contributed by atoms with van der Waals surface area (Å²) in [6, 6.07) is 3.51. The number of rotatable bonds is 3. The number of β-amino-alcohol motifs (C(OH)–C–C–N with tert-alkyl or cyclic N) is 1. The molecule has 0 spiro atoms. The van der Waals surface area contributed by atoms with Crippen molar-refractivity contribution in [3.63, 3.8) is 0 Å². The maximum Gasteiger partial charge on any atom is 0.356 e. The molecule has 1 aliphatic rings. The topological polar surface area (TPSA) is 62.7 Å². The van der Waals surface area contributed by atoms with Gasteiger partial charge in [0.1, 0.15) is 11.3 Å². The summed E-state index contributed by atoms with van der Waals surface area (Å²) in [7, 11) is 1.33. The Morgan fingerprint density at radius 1 is 1.56 bits per heavy atom. The summed E-state index contributed by atoms with van der Waals surface area (Å²) in [5.74, 6) is -0.229. The zero-order valence-corrected chi connectivity index (χ0v) is 10.9. The molecule has 1 aliphatic heterocycles. The predicted octanol–water partition coefficient (Wildman–Crippen LogP) is 1.08. The molecule has 1 fully saturated rings. The number of nitrogens with zero attached hydrogens (tertiary/aromatic N) is 2. The van der Waals surface area contributed by atoms with Gasteiger partial charge in [0.15, 0.2) is 0 Å². The molecule has 0 amide bonds. The molecular formula is C13H18N2O3. The number of hydrogen-bond donors (Lipinski definition) is 1. The minimum atomic E-state index is -0.630. The summed E-state index contributed by atoms with van der Waals surface area (Å²) < 4.78 is 4.63. The van der Waals surface area contributed by atoms with E-state index in [1.54, 1.807) is 12.3 Å². The zero-order chi connectivity index (χ0) is 13.3. The number of carbonyl (C=O) groups is 1. The Labute approximate surface area is 106 Å². The molecule has 1 aromatic rings. The average Bonchev–Trinajstić information content (AvgIpc) is 2.33. The van der Waals surface area contributed by atoms with Crippen LogP contribution in [0.5, 0.6) is 0 Å². The summed E-state index contributed by atoms with van der Waals surface area (Å²) in [5.41, 5.74) is 0.542. The first-order valence-corrected chi connectivity index (χ1v) is 5.98. The molecule has 1 N–H and O–H groups in total. The van der Waals surface area contributed by atoms with Gasteiger partial charge >= 0.3 is 5.97 Å². The SMILES string of the molecule is COC(=O)c1cc(N2CC(O)(C(C)C)C2)ccn1. The average molecular weight is 250 g/mol. The zero-order valence-electron chi connectivity index (χ0n) is 10.9. The summed E-state index contributed by atoms with van der Waals surface area (Å²) >= 11 is 0. The molecule has 5 heteroatoms. The Kier molecular flexibility index (Phi) is 3.26. The molecule has 1 aromatic heterocycles. The Balaban J connectivity index is 2.10. The van der Waals surface area contributed by atoms with Crippen molar-refractivity contribution in [2.24, 2.45) is 5.92 Å². The second-order valence-electron chi connectivity index (χ2n) is 5.01. The highest BCUT2D eigenvalue weighted by Crippen LogP contribution is 2.32. The van der Waals surface area contributed by atoms with Crippen molar-refractivity contribution in [2.75, 3.05) is 25.1 Å². The van der Waals surface area contributed by atoms with Crippen molar-refractivity contribution < 1.29 is 14.6 Å². The van der Waals surface area contributed by atoms with Crippen LogP contribution in [0, 0.1) is 5.92 Å². The monoisotopic (exact) mass is 250 g/mol. The lowest BCUT2D eigenvalue weighted by molar-refractivity contribution is -0.0300. The molecule has 5 nitrogen and oxygen atoms in total. The number of aromatic nitrogens is 1. The number of aliphatic hydroxyl groups is 1. The second-order valence-corrected chi connectivity index (χ2v) is 5.01. The van der Waals surface area contributed by atoms with E-state index in [1.807, 2.05) is 24.8 Å². The third-order valence-electron chi connectivity index (χ3n) is 3.51. The van der Waals surface area contributed by atoms with E-state index in [2.05, 4.69) is 9.72 Å². The molecule has 98 valence electrons. The van der Waals surface area contributed by atoms with Crippen LogP contribution >= 0.6 is 0 Å². The number of esters is 1. The van der Waals surface area contributed by atoms with E-state index in [-0.39, 0.29) is 11.6 Å². The Morgan fingerprint density at radius 2 is 2.22 bits per heavy atom. The van der Waals surface area contributed by atoms with Gasteiger partial charge in [-0.15, -0.1) is 0 Å². The quantitative estimate of drug-likeness (QED) is 0.813. The van der Waals surface area contributed by atoms with Crippen LogP contribution in [0.2, 0.25) is 0 Å². The fourth-order valence-electron chi connectivity index (χ4n) is 1.99. The molecule has 18 heavy (non-hydrogen) atoms. The van der Waals surface area contributed by atoms with Crippen LogP contribution in [0.15, 0.2) is 18.3 Å². The highest BCUT2D eigenvalue weighted by Gasteiger charge is 2.43. The number of anilines is 1. The molecule has 0 atom stereocenters. The first kappa shape index (κ1) is 12.8. The molecule has 0 unspecified atom stereocenters. The Hall–Kier alpha value is -1.62. The van der Waals surface area contributed by atoms with E-state index in [0.29, 0.717) is 13.1 Å². The summed E-state index contributed by atoms with van der Waals surface area (Å²) in [6.45, 7) is 5.16. The highest BCUT2D eigenvalue weighted by atomic mass is 16.5. The summed E-state index contributed by atoms with van der Waals surface area (Å²) in [6.07, 6.45) is 1.58. The molecule has 0 bridgehead atoms. The van der Waals surface area contributed by atoms with Crippen molar-refractivity contribution in [3.8, 4) is 0 Å². The second kappa shape index (κ2) is 4.57. The lowest BCUT2D eigenvalue weighted by Crippen LogP contribution is -2.64. The maximum absolute atomic E-state index is 11.4. The number of pyridine rings is 1. The van der Waals surface area contributed by atoms with Crippen molar-refractivity contribution in [2.45, 2.75) is 19.4 Å². The van der Waals surface area contributed by atoms with Gasteiger partial charge in [0.2, 0.25) is 0 Å². The number of carbonyl (C=O) groups excluding carboxylic acids is 1. The van der Waals surface area contributed by atoms with Crippen molar-refractivity contribution in [3.05, 3.63) is 24.0 Å². The minimum absolute atomic E-state index is 0.218. The van der Waals surface area contributed by atoms with Gasteiger partial charge in [-0.05, 0) is 18.1 Å². The van der Waals surface area contributed by atoms with Crippen molar-refractivity contribution in [1.82, 2.24) is 4.98 Å². The first-order chi connectivity index (χ1) is 8.46. The van der Waals surface area contributed by atoms with Gasteiger partial charge in [-0.3, -0.25) is 0 Å². The van der Waals surface area contributed by atoms with Crippen LogP contribution < -0.4 is 4.90 Å². The smallest absolute Gasteiger partial charge is 0.356 e. The van der Waals surface area contributed by atoms with Crippen molar-refractivity contribution in [1.29, 1.82) is 0 Å². The van der Waals surface area contributed by atoms with Gasteiger partial charge in [-0.2, -0.15) is 0 Å². The van der Waals surface area contributed by atoms with Crippen molar-refractivity contribution >= 4 is 11.7 Å². The van der Waals surface area contributed by atoms with Crippen LogP contribution in [0.25, 0.3) is 0 Å². The Bertz CT molecular complexity index is 453. The minimum Gasteiger partial charge on any atom is -0.464 e. The van der Waals surface area contributed by atoms with Crippen LogP contribution in [-0.4, -0.2) is 41.9 Å². The maximum atomic E-state index is 11.4. The molecule has 0 radical (unpaired) electrons. The third kappa shape index (κ3) is 2.18. The van der Waals surface area contributed by atoms with Crippen LogP contribution in [0.3, 0.4) is 0 Å². The van der Waals surface area contributed by atoms with Gasteiger partial charge in [0, 0.05) is 25.0 Å². The molecule has 2 heterocycles. The fourth-order valence-corrected chi connectivity index (χ4v) is 1.99. The van der Waals surface area contributed by atoms with Crippen LogP contribution in [0.1, 0.15) is 24.3 Å². The van der Waals surface area contributed by atoms with E-state index >= 15 is 0 Å². The van der Waals surface area contributed by atoms with Crippen LogP contribution in [0.4, 0.5) is 5.69 Å². The van der Waals surface area contributed by atoms with E-state index in [0.717, 1.165) is 5.69 Å². The van der Waals surface area contributed by atoms with Gasteiger partial charge in [0.05, 0.1) is 7.11 Å². The number of ether oxygens (including phenoxy) is 1. The molecule has 2 rings (SSSR count). The van der Waals surface area contributed by atoms with E-state index in [9.17, 15) is 9.90 Å². The fraction of sp³-hybridized carbons (Fsp3) is 0.538. The normalized spacial score (nSPS) is 17.5.